The van der Waals surface area contributed by atoms with Gasteiger partial charge in [0.1, 0.15) is 15.8 Å². The molecule has 1 N–H and O–H groups in total. The summed E-state index contributed by atoms with van der Waals surface area (Å²) in [6, 6.07) is 6.31. The van der Waals surface area contributed by atoms with Crippen LogP contribution < -0.4 is 5.32 Å². The lowest BCUT2D eigenvalue weighted by Crippen LogP contribution is -2.09. The zero-order chi connectivity index (χ0) is 11.4. The van der Waals surface area contributed by atoms with E-state index in [1.165, 1.54) is 12.1 Å². The van der Waals surface area contributed by atoms with E-state index in [9.17, 15) is 4.39 Å². The smallest absolute Gasteiger partial charge is 0.147 e. The van der Waals surface area contributed by atoms with E-state index in [2.05, 4.69) is 15.5 Å². The fourth-order valence-corrected chi connectivity index (χ4v) is 2.14. The Kier molecular flexibility index (Phi) is 3.58. The number of hydrogen-bond acceptors (Lipinski definition) is 4. The highest BCUT2D eigenvalue weighted by Gasteiger charge is 2.06. The van der Waals surface area contributed by atoms with Gasteiger partial charge in [0.05, 0.1) is 0 Å². The topological polar surface area (TPSA) is 37.8 Å². The predicted octanol–water partition coefficient (Wildman–Crippen LogP) is 2.11. The highest BCUT2D eigenvalue weighted by atomic mass is 32.1. The van der Waals surface area contributed by atoms with Crippen LogP contribution in [0.4, 0.5) is 4.39 Å². The summed E-state index contributed by atoms with van der Waals surface area (Å²) in [5.74, 6) is -0.233. The van der Waals surface area contributed by atoms with Crippen LogP contribution in [0, 0.1) is 5.82 Å². The van der Waals surface area contributed by atoms with Gasteiger partial charge in [-0.05, 0) is 31.3 Å². The molecule has 5 heteroatoms. The normalized spacial score (nSPS) is 10.6. The van der Waals surface area contributed by atoms with Crippen LogP contribution in [-0.2, 0) is 6.42 Å². The Hall–Kier alpha value is -1.33. The monoisotopic (exact) mass is 237 g/mol. The minimum Gasteiger partial charge on any atom is -0.319 e. The van der Waals surface area contributed by atoms with Crippen molar-refractivity contribution in [1.82, 2.24) is 15.5 Å². The Morgan fingerprint density at radius 2 is 2.00 bits per heavy atom. The number of nitrogens with zero attached hydrogens (tertiary/aromatic N) is 2. The minimum absolute atomic E-state index is 0.233. The van der Waals surface area contributed by atoms with Crippen molar-refractivity contribution in [3.63, 3.8) is 0 Å². The van der Waals surface area contributed by atoms with Gasteiger partial charge in [0.25, 0.3) is 0 Å². The molecule has 0 spiro atoms. The average molecular weight is 237 g/mol. The molecule has 2 rings (SSSR count). The minimum atomic E-state index is -0.233. The van der Waals surface area contributed by atoms with E-state index in [4.69, 9.17) is 0 Å². The maximum atomic E-state index is 12.7. The van der Waals surface area contributed by atoms with Gasteiger partial charge >= 0.3 is 0 Å². The lowest BCUT2D eigenvalue weighted by molar-refractivity contribution is 0.628. The fraction of sp³-hybridized carbons (Fsp3) is 0.273. The van der Waals surface area contributed by atoms with Crippen LogP contribution in [0.5, 0.6) is 0 Å². The van der Waals surface area contributed by atoms with Crippen LogP contribution in [-0.4, -0.2) is 23.8 Å². The van der Waals surface area contributed by atoms with Crippen LogP contribution in [0.25, 0.3) is 10.6 Å². The molecule has 0 atom stereocenters. The summed E-state index contributed by atoms with van der Waals surface area (Å²) in [5.41, 5.74) is 0.912. The van der Waals surface area contributed by atoms with Gasteiger partial charge in [0, 0.05) is 18.5 Å². The summed E-state index contributed by atoms with van der Waals surface area (Å²) in [4.78, 5) is 0. The van der Waals surface area contributed by atoms with Gasteiger partial charge in [-0.25, -0.2) is 4.39 Å². The molecule has 1 heterocycles. The molecular formula is C11H12FN3S. The number of halogens is 1. The van der Waals surface area contributed by atoms with E-state index >= 15 is 0 Å². The molecule has 2 aromatic rings. The molecule has 0 aliphatic carbocycles. The number of nitrogens with one attached hydrogen (secondary N) is 1. The molecule has 0 bridgehead atoms. The number of rotatable bonds is 4. The molecule has 0 aliphatic heterocycles. The number of hydrogen-bond donors (Lipinski definition) is 1. The second kappa shape index (κ2) is 5.14. The van der Waals surface area contributed by atoms with Crippen LogP contribution in [0.2, 0.25) is 0 Å². The standard InChI is InChI=1S/C11H12FN3S/c1-13-7-6-10-14-15-11(16-10)8-2-4-9(12)5-3-8/h2-5,13H,6-7H2,1H3. The van der Waals surface area contributed by atoms with Gasteiger partial charge in [-0.1, -0.05) is 11.3 Å². The summed E-state index contributed by atoms with van der Waals surface area (Å²) >= 11 is 1.55. The van der Waals surface area contributed by atoms with E-state index < -0.39 is 0 Å². The van der Waals surface area contributed by atoms with Crippen LogP contribution in [0.3, 0.4) is 0 Å². The number of likely N-dealkylation sites (N-methyl/N-ethyl adjacent to an activating group) is 1. The molecule has 3 nitrogen and oxygen atoms in total. The van der Waals surface area contributed by atoms with Crippen molar-refractivity contribution in [1.29, 1.82) is 0 Å². The van der Waals surface area contributed by atoms with E-state index in [0.29, 0.717) is 0 Å². The highest BCUT2D eigenvalue weighted by Crippen LogP contribution is 2.23. The van der Waals surface area contributed by atoms with Gasteiger partial charge < -0.3 is 5.32 Å². The Morgan fingerprint density at radius 3 is 2.69 bits per heavy atom. The van der Waals surface area contributed by atoms with E-state index in [-0.39, 0.29) is 5.82 Å². The Labute approximate surface area is 97.3 Å². The number of aromatic nitrogens is 2. The molecule has 1 aromatic heterocycles. The third-order valence-corrected chi connectivity index (χ3v) is 3.18. The third kappa shape index (κ3) is 2.62. The van der Waals surface area contributed by atoms with E-state index in [1.807, 2.05) is 7.05 Å². The molecule has 0 unspecified atom stereocenters. The van der Waals surface area contributed by atoms with Crippen molar-refractivity contribution in [2.45, 2.75) is 6.42 Å². The van der Waals surface area contributed by atoms with Crippen molar-refractivity contribution in [2.24, 2.45) is 0 Å². The van der Waals surface area contributed by atoms with Crippen LogP contribution in [0.15, 0.2) is 24.3 Å². The first kappa shape index (κ1) is 11.2. The van der Waals surface area contributed by atoms with Crippen molar-refractivity contribution < 1.29 is 4.39 Å². The SMILES string of the molecule is CNCCc1nnc(-c2ccc(F)cc2)s1. The molecule has 0 saturated heterocycles. The maximum Gasteiger partial charge on any atom is 0.147 e. The van der Waals surface area contributed by atoms with E-state index in [0.717, 1.165) is 28.5 Å². The van der Waals surface area contributed by atoms with Crippen molar-refractivity contribution in [3.8, 4) is 10.6 Å². The maximum absolute atomic E-state index is 12.7. The first-order valence-corrected chi connectivity index (χ1v) is 5.84. The fourth-order valence-electron chi connectivity index (χ4n) is 1.30. The molecule has 84 valence electrons. The quantitative estimate of drug-likeness (QED) is 0.885. The molecular weight excluding hydrogens is 225 g/mol. The van der Waals surface area contributed by atoms with Gasteiger partial charge in [-0.3, -0.25) is 0 Å². The molecule has 0 amide bonds. The lowest BCUT2D eigenvalue weighted by Gasteiger charge is -1.94. The largest absolute Gasteiger partial charge is 0.319 e. The van der Waals surface area contributed by atoms with Crippen LogP contribution in [0.1, 0.15) is 5.01 Å². The van der Waals surface area contributed by atoms with Gasteiger partial charge in [-0.15, -0.1) is 10.2 Å². The molecule has 0 radical (unpaired) electrons. The van der Waals surface area contributed by atoms with Crippen LogP contribution >= 0.6 is 11.3 Å². The zero-order valence-electron chi connectivity index (χ0n) is 8.90. The Bertz CT molecular complexity index is 453. The summed E-state index contributed by atoms with van der Waals surface area (Å²) in [7, 11) is 1.90. The summed E-state index contributed by atoms with van der Waals surface area (Å²) in [5, 5.41) is 13.1. The predicted molar refractivity (Wildman–Crippen MR) is 62.9 cm³/mol. The van der Waals surface area contributed by atoms with E-state index in [1.54, 1.807) is 23.5 Å². The number of benzene rings is 1. The highest BCUT2D eigenvalue weighted by molar-refractivity contribution is 7.14. The average Bonchev–Trinajstić information content (AvgIpc) is 2.76. The Morgan fingerprint density at radius 1 is 1.25 bits per heavy atom. The molecule has 0 saturated carbocycles. The molecule has 16 heavy (non-hydrogen) atoms. The summed E-state index contributed by atoms with van der Waals surface area (Å²) in [6.07, 6.45) is 0.870. The van der Waals surface area contributed by atoms with Crippen molar-refractivity contribution in [3.05, 3.63) is 35.1 Å². The van der Waals surface area contributed by atoms with Gasteiger partial charge in [0.2, 0.25) is 0 Å². The summed E-state index contributed by atoms with van der Waals surface area (Å²) < 4.78 is 12.7. The third-order valence-electron chi connectivity index (χ3n) is 2.15. The Balaban J connectivity index is 2.15. The molecule has 1 aromatic carbocycles. The van der Waals surface area contributed by atoms with Crippen molar-refractivity contribution in [2.75, 3.05) is 13.6 Å². The molecule has 0 fully saturated rings. The first-order chi connectivity index (χ1) is 7.79. The van der Waals surface area contributed by atoms with Crippen molar-refractivity contribution >= 4 is 11.3 Å². The zero-order valence-corrected chi connectivity index (χ0v) is 9.72. The summed E-state index contributed by atoms with van der Waals surface area (Å²) in [6.45, 7) is 0.887. The second-order valence-corrected chi connectivity index (χ2v) is 4.42. The van der Waals surface area contributed by atoms with Gasteiger partial charge in [0.15, 0.2) is 0 Å². The lowest BCUT2D eigenvalue weighted by atomic mass is 10.2. The first-order valence-electron chi connectivity index (χ1n) is 5.02. The second-order valence-electron chi connectivity index (χ2n) is 3.36. The molecule has 0 aliphatic rings. The van der Waals surface area contributed by atoms with Gasteiger partial charge in [-0.2, -0.15) is 0 Å².